The number of carbonyl (C=O) groups excluding carboxylic acids is 1. The number of hydrogen-bond donors (Lipinski definition) is 1. The lowest BCUT2D eigenvalue weighted by Crippen LogP contribution is -2.40. The number of carbonyl (C=O) groups is 1. The van der Waals surface area contributed by atoms with E-state index in [-0.39, 0.29) is 5.69 Å². The van der Waals surface area contributed by atoms with Crippen molar-refractivity contribution in [1.29, 1.82) is 0 Å². The van der Waals surface area contributed by atoms with Crippen LogP contribution in [0.5, 0.6) is 5.75 Å². The van der Waals surface area contributed by atoms with Crippen LogP contribution in [0, 0.1) is 0 Å². The molecule has 0 spiro atoms. The van der Waals surface area contributed by atoms with E-state index in [2.05, 4.69) is 9.97 Å². The Labute approximate surface area is 211 Å². The minimum Gasteiger partial charge on any atom is -0.493 e. The van der Waals surface area contributed by atoms with Crippen molar-refractivity contribution in [3.8, 4) is 5.75 Å². The van der Waals surface area contributed by atoms with Crippen LogP contribution in [0.2, 0.25) is 5.02 Å². The molecule has 1 aromatic carbocycles. The van der Waals surface area contributed by atoms with E-state index in [9.17, 15) is 13.6 Å². The SMILES string of the molecule is CN(CCN(C=O)C1CCCCC1)c1cnc(C(F)F)cn1.CO.Clc1ccc2c(c1)CCCO2. The van der Waals surface area contributed by atoms with Gasteiger partial charge in [-0.1, -0.05) is 30.9 Å². The molecule has 0 bridgehead atoms. The molecule has 1 fully saturated rings. The van der Waals surface area contributed by atoms with Crippen LogP contribution in [0.3, 0.4) is 0 Å². The van der Waals surface area contributed by atoms with Crippen LogP contribution in [0.15, 0.2) is 30.6 Å². The van der Waals surface area contributed by atoms with Crippen molar-refractivity contribution in [2.24, 2.45) is 0 Å². The standard InChI is InChI=1S/C15H22F2N4O.C9H9ClO.CH4O/c1-20(14-10-18-13(9-19-14)15(16)17)7-8-21(11-22)12-5-3-2-4-6-12;10-8-3-4-9-7(6-8)2-1-5-11-9;1-2/h9-12,15H,2-8H2,1H3;3-4,6H,1-2,5H2;2H,1H3. The first-order chi connectivity index (χ1) is 17.0. The van der Waals surface area contributed by atoms with Crippen molar-refractivity contribution in [1.82, 2.24) is 14.9 Å². The molecule has 2 aliphatic rings. The van der Waals surface area contributed by atoms with Crippen molar-refractivity contribution in [2.45, 2.75) is 57.4 Å². The van der Waals surface area contributed by atoms with E-state index < -0.39 is 6.43 Å². The molecule has 4 rings (SSSR count). The molecule has 0 saturated heterocycles. The van der Waals surface area contributed by atoms with Gasteiger partial charge in [-0.2, -0.15) is 0 Å². The number of aliphatic hydroxyl groups excluding tert-OH is 1. The second kappa shape index (κ2) is 15.5. The second-order valence-corrected chi connectivity index (χ2v) is 8.80. The van der Waals surface area contributed by atoms with Crippen molar-refractivity contribution in [2.75, 3.05) is 38.8 Å². The molecule has 1 amide bonds. The first kappa shape index (κ1) is 28.7. The Kier molecular flexibility index (Phi) is 12.7. The molecule has 194 valence electrons. The van der Waals surface area contributed by atoms with Crippen molar-refractivity contribution < 1.29 is 23.4 Å². The third kappa shape index (κ3) is 9.22. The van der Waals surface area contributed by atoms with Crippen LogP contribution in [0.4, 0.5) is 14.6 Å². The summed E-state index contributed by atoms with van der Waals surface area (Å²) in [5.41, 5.74) is 0.914. The highest BCUT2D eigenvalue weighted by atomic mass is 35.5. The number of hydrogen-bond acceptors (Lipinski definition) is 6. The number of halogens is 3. The molecule has 0 atom stereocenters. The monoisotopic (exact) mass is 512 g/mol. The van der Waals surface area contributed by atoms with E-state index in [0.717, 1.165) is 62.8 Å². The van der Waals surface area contributed by atoms with Gasteiger partial charge in [0.2, 0.25) is 6.41 Å². The molecular weight excluding hydrogens is 478 g/mol. The normalized spacial score (nSPS) is 14.9. The molecule has 2 aromatic rings. The maximum atomic E-state index is 12.4. The highest BCUT2D eigenvalue weighted by molar-refractivity contribution is 6.30. The van der Waals surface area contributed by atoms with E-state index >= 15 is 0 Å². The molecule has 10 heteroatoms. The van der Waals surface area contributed by atoms with Crippen LogP contribution in [0.1, 0.15) is 56.2 Å². The van der Waals surface area contributed by atoms with Crippen LogP contribution in [-0.4, -0.2) is 66.3 Å². The summed E-state index contributed by atoms with van der Waals surface area (Å²) in [6.45, 7) is 2.04. The molecule has 1 saturated carbocycles. The summed E-state index contributed by atoms with van der Waals surface area (Å²) in [4.78, 5) is 22.6. The van der Waals surface area contributed by atoms with Crippen LogP contribution < -0.4 is 9.64 Å². The van der Waals surface area contributed by atoms with E-state index in [0.29, 0.717) is 24.9 Å². The Morgan fingerprint density at radius 1 is 1.14 bits per heavy atom. The van der Waals surface area contributed by atoms with Crippen LogP contribution in [0.25, 0.3) is 0 Å². The molecule has 0 unspecified atom stereocenters. The van der Waals surface area contributed by atoms with Crippen LogP contribution >= 0.6 is 11.6 Å². The van der Waals surface area contributed by atoms with E-state index in [1.165, 1.54) is 31.0 Å². The van der Waals surface area contributed by atoms with E-state index in [1.807, 2.05) is 35.0 Å². The largest absolute Gasteiger partial charge is 0.493 e. The van der Waals surface area contributed by atoms with Crippen LogP contribution in [-0.2, 0) is 11.2 Å². The van der Waals surface area contributed by atoms with E-state index in [4.69, 9.17) is 21.4 Å². The maximum absolute atomic E-state index is 12.4. The average molecular weight is 513 g/mol. The van der Waals surface area contributed by atoms with E-state index in [1.54, 1.807) is 0 Å². The summed E-state index contributed by atoms with van der Waals surface area (Å²) in [7, 11) is 2.82. The Balaban J connectivity index is 0.000000276. The first-order valence-electron chi connectivity index (χ1n) is 11.9. The number of rotatable bonds is 7. The number of aromatic nitrogens is 2. The van der Waals surface area contributed by atoms with Gasteiger partial charge in [-0.25, -0.2) is 18.7 Å². The molecule has 0 radical (unpaired) electrons. The Morgan fingerprint density at radius 2 is 1.89 bits per heavy atom. The number of ether oxygens (including phenoxy) is 1. The molecule has 1 aliphatic carbocycles. The highest BCUT2D eigenvalue weighted by Crippen LogP contribution is 2.27. The van der Waals surface area contributed by atoms with Gasteiger partial charge in [0.05, 0.1) is 19.0 Å². The van der Waals surface area contributed by atoms with Crippen molar-refractivity contribution in [3.05, 3.63) is 46.9 Å². The zero-order chi connectivity index (χ0) is 25.6. The zero-order valence-corrected chi connectivity index (χ0v) is 21.1. The summed E-state index contributed by atoms with van der Waals surface area (Å²) in [5.74, 6) is 1.53. The summed E-state index contributed by atoms with van der Waals surface area (Å²) in [5, 5.41) is 7.80. The number of anilines is 1. The number of amides is 1. The van der Waals surface area contributed by atoms with Gasteiger partial charge in [0.15, 0.2) is 0 Å². The number of aryl methyl sites for hydroxylation is 1. The summed E-state index contributed by atoms with van der Waals surface area (Å²) in [6.07, 6.45) is 8.65. The van der Waals surface area contributed by atoms with Gasteiger partial charge in [-0.15, -0.1) is 0 Å². The molecule has 35 heavy (non-hydrogen) atoms. The fourth-order valence-corrected chi connectivity index (χ4v) is 4.28. The third-order valence-corrected chi connectivity index (χ3v) is 6.25. The lowest BCUT2D eigenvalue weighted by Gasteiger charge is -2.32. The lowest BCUT2D eigenvalue weighted by molar-refractivity contribution is -0.120. The first-order valence-corrected chi connectivity index (χ1v) is 12.2. The summed E-state index contributed by atoms with van der Waals surface area (Å²) < 4.78 is 30.3. The van der Waals surface area contributed by atoms with Gasteiger partial charge in [-0.05, 0) is 49.4 Å². The Bertz CT molecular complexity index is 884. The average Bonchev–Trinajstić information content (AvgIpc) is 2.91. The van der Waals surface area contributed by atoms with Crippen molar-refractivity contribution in [3.63, 3.8) is 0 Å². The second-order valence-electron chi connectivity index (χ2n) is 8.36. The number of aliphatic hydroxyl groups is 1. The number of benzene rings is 1. The maximum Gasteiger partial charge on any atom is 0.281 e. The minimum absolute atomic E-state index is 0.325. The molecule has 2 heterocycles. The Hall–Kier alpha value is -2.52. The number of alkyl halides is 2. The molecule has 7 nitrogen and oxygen atoms in total. The molecule has 1 aliphatic heterocycles. The van der Waals surface area contributed by atoms with Gasteiger partial charge in [0.25, 0.3) is 6.43 Å². The van der Waals surface area contributed by atoms with Gasteiger partial charge in [0.1, 0.15) is 17.3 Å². The fourth-order valence-electron chi connectivity index (χ4n) is 4.08. The minimum atomic E-state index is -2.61. The number of likely N-dealkylation sites (N-methyl/N-ethyl adjacent to an activating group) is 1. The van der Waals surface area contributed by atoms with Gasteiger partial charge in [-0.3, -0.25) is 4.79 Å². The quantitative estimate of drug-likeness (QED) is 0.531. The summed E-state index contributed by atoms with van der Waals surface area (Å²) in [6, 6.07) is 6.12. The van der Waals surface area contributed by atoms with Gasteiger partial charge >= 0.3 is 0 Å². The lowest BCUT2D eigenvalue weighted by atomic mass is 9.94. The molecule has 1 N–H and O–H groups in total. The predicted molar refractivity (Wildman–Crippen MR) is 133 cm³/mol. The number of fused-ring (bicyclic) bond motifs is 1. The Morgan fingerprint density at radius 3 is 2.51 bits per heavy atom. The third-order valence-electron chi connectivity index (χ3n) is 6.02. The summed E-state index contributed by atoms with van der Waals surface area (Å²) >= 11 is 5.82. The molecule has 1 aromatic heterocycles. The van der Waals surface area contributed by atoms with Gasteiger partial charge in [0, 0.05) is 38.3 Å². The molecular formula is C25H35ClF2N4O3. The highest BCUT2D eigenvalue weighted by Gasteiger charge is 2.20. The number of nitrogens with zero attached hydrogens (tertiary/aromatic N) is 4. The van der Waals surface area contributed by atoms with Crippen molar-refractivity contribution >= 4 is 23.8 Å². The fraction of sp³-hybridized carbons (Fsp3) is 0.560. The topological polar surface area (TPSA) is 78.8 Å². The predicted octanol–water partition coefficient (Wildman–Crippen LogP) is 4.92. The smallest absolute Gasteiger partial charge is 0.281 e. The zero-order valence-electron chi connectivity index (χ0n) is 20.4. The van der Waals surface area contributed by atoms with Gasteiger partial charge < -0.3 is 19.6 Å².